The summed E-state index contributed by atoms with van der Waals surface area (Å²) in [5.41, 5.74) is 0.842. The van der Waals surface area contributed by atoms with Crippen LogP contribution in [-0.2, 0) is 0 Å². The Kier molecular flexibility index (Phi) is 1.86. The summed E-state index contributed by atoms with van der Waals surface area (Å²) in [5.74, 6) is 0. The first-order chi connectivity index (χ1) is 5.88. The van der Waals surface area contributed by atoms with Gasteiger partial charge in [0.25, 0.3) is 5.56 Å². The fourth-order valence-corrected chi connectivity index (χ4v) is 1.62. The van der Waals surface area contributed by atoms with Crippen molar-refractivity contribution in [2.45, 2.75) is 12.8 Å². The Balaban J connectivity index is 2.32. The molecular formula is C9H12N2O. The van der Waals surface area contributed by atoms with Gasteiger partial charge in [0, 0.05) is 19.3 Å². The smallest absolute Gasteiger partial charge is 0.271 e. The minimum Gasteiger partial charge on any atom is -0.367 e. The van der Waals surface area contributed by atoms with Gasteiger partial charge < -0.3 is 9.88 Å². The standard InChI is InChI=1S/C9H12N2O/c12-9-8(4-3-5-10-9)11-6-1-2-7-11/h3-5H,1-2,6-7H2,(H,10,12). The first kappa shape index (κ1) is 7.40. The van der Waals surface area contributed by atoms with E-state index in [9.17, 15) is 4.79 Å². The van der Waals surface area contributed by atoms with E-state index in [1.54, 1.807) is 6.20 Å². The average Bonchev–Trinajstić information content (AvgIpc) is 2.57. The monoisotopic (exact) mass is 164 g/mol. The number of anilines is 1. The predicted molar refractivity (Wildman–Crippen MR) is 48.5 cm³/mol. The molecule has 3 nitrogen and oxygen atoms in total. The van der Waals surface area contributed by atoms with E-state index in [2.05, 4.69) is 9.88 Å². The maximum atomic E-state index is 11.3. The number of hydrogen-bond acceptors (Lipinski definition) is 2. The SMILES string of the molecule is O=c1[nH]cccc1N1CCCC1. The van der Waals surface area contributed by atoms with Gasteiger partial charge in [-0.05, 0) is 25.0 Å². The molecule has 3 heteroatoms. The molecule has 2 heterocycles. The Bertz CT molecular complexity index is 312. The summed E-state index contributed by atoms with van der Waals surface area (Å²) in [6.07, 6.45) is 4.07. The van der Waals surface area contributed by atoms with Crippen LogP contribution in [-0.4, -0.2) is 18.1 Å². The average molecular weight is 164 g/mol. The second-order valence-electron chi connectivity index (χ2n) is 3.08. The highest BCUT2D eigenvalue weighted by atomic mass is 16.1. The molecule has 0 saturated carbocycles. The minimum atomic E-state index is 0.0272. The summed E-state index contributed by atoms with van der Waals surface area (Å²) >= 11 is 0. The van der Waals surface area contributed by atoms with Crippen molar-refractivity contribution < 1.29 is 0 Å². The number of pyridine rings is 1. The van der Waals surface area contributed by atoms with Gasteiger partial charge in [-0.2, -0.15) is 0 Å². The third kappa shape index (κ3) is 1.22. The molecule has 0 unspecified atom stereocenters. The van der Waals surface area contributed by atoms with Crippen LogP contribution in [0.5, 0.6) is 0 Å². The Morgan fingerprint density at radius 1 is 1.33 bits per heavy atom. The van der Waals surface area contributed by atoms with E-state index in [-0.39, 0.29) is 5.56 Å². The molecular weight excluding hydrogens is 152 g/mol. The molecule has 1 fully saturated rings. The Hall–Kier alpha value is -1.25. The zero-order valence-corrected chi connectivity index (χ0v) is 6.92. The lowest BCUT2D eigenvalue weighted by molar-refractivity contribution is 0.949. The maximum absolute atomic E-state index is 11.3. The second-order valence-corrected chi connectivity index (χ2v) is 3.08. The van der Waals surface area contributed by atoms with E-state index >= 15 is 0 Å². The number of rotatable bonds is 1. The molecule has 0 aromatic carbocycles. The fraction of sp³-hybridized carbons (Fsp3) is 0.444. The highest BCUT2D eigenvalue weighted by Crippen LogP contribution is 2.14. The molecule has 12 heavy (non-hydrogen) atoms. The molecule has 1 aromatic heterocycles. The van der Waals surface area contributed by atoms with E-state index in [0.29, 0.717) is 0 Å². The van der Waals surface area contributed by atoms with Crippen molar-refractivity contribution in [3.05, 3.63) is 28.7 Å². The Morgan fingerprint density at radius 3 is 2.75 bits per heavy atom. The molecule has 0 amide bonds. The van der Waals surface area contributed by atoms with Crippen molar-refractivity contribution in [2.24, 2.45) is 0 Å². The predicted octanol–water partition coefficient (Wildman–Crippen LogP) is 0.975. The Labute approximate surface area is 71.0 Å². The molecule has 1 saturated heterocycles. The molecule has 2 rings (SSSR count). The van der Waals surface area contributed by atoms with Crippen molar-refractivity contribution in [2.75, 3.05) is 18.0 Å². The van der Waals surface area contributed by atoms with Crippen LogP contribution in [0.1, 0.15) is 12.8 Å². The zero-order chi connectivity index (χ0) is 8.39. The highest BCUT2D eigenvalue weighted by Gasteiger charge is 2.13. The summed E-state index contributed by atoms with van der Waals surface area (Å²) in [4.78, 5) is 16.1. The molecule has 1 aliphatic heterocycles. The van der Waals surface area contributed by atoms with Crippen LogP contribution < -0.4 is 10.5 Å². The number of aromatic nitrogens is 1. The van der Waals surface area contributed by atoms with Gasteiger partial charge >= 0.3 is 0 Å². The minimum absolute atomic E-state index is 0.0272. The molecule has 64 valence electrons. The summed E-state index contributed by atoms with van der Waals surface area (Å²) in [5, 5.41) is 0. The summed E-state index contributed by atoms with van der Waals surface area (Å²) < 4.78 is 0. The van der Waals surface area contributed by atoms with Crippen molar-refractivity contribution >= 4 is 5.69 Å². The second kappa shape index (κ2) is 3.01. The third-order valence-corrected chi connectivity index (χ3v) is 2.24. The maximum Gasteiger partial charge on any atom is 0.271 e. The molecule has 0 radical (unpaired) electrons. The first-order valence-corrected chi connectivity index (χ1v) is 4.30. The van der Waals surface area contributed by atoms with Gasteiger partial charge in [0.2, 0.25) is 0 Å². The number of aromatic amines is 1. The van der Waals surface area contributed by atoms with E-state index in [0.717, 1.165) is 18.8 Å². The quantitative estimate of drug-likeness (QED) is 0.671. The van der Waals surface area contributed by atoms with Gasteiger partial charge in [-0.1, -0.05) is 0 Å². The van der Waals surface area contributed by atoms with E-state index in [4.69, 9.17) is 0 Å². The number of hydrogen-bond donors (Lipinski definition) is 1. The van der Waals surface area contributed by atoms with Crippen molar-refractivity contribution in [1.82, 2.24) is 4.98 Å². The zero-order valence-electron chi connectivity index (χ0n) is 6.92. The largest absolute Gasteiger partial charge is 0.367 e. The molecule has 0 aliphatic carbocycles. The highest BCUT2D eigenvalue weighted by molar-refractivity contribution is 5.44. The van der Waals surface area contributed by atoms with Crippen LogP contribution in [0.4, 0.5) is 5.69 Å². The lowest BCUT2D eigenvalue weighted by atomic mass is 10.4. The van der Waals surface area contributed by atoms with Gasteiger partial charge in [0.15, 0.2) is 0 Å². The molecule has 1 aromatic rings. The van der Waals surface area contributed by atoms with E-state index in [1.165, 1.54) is 12.8 Å². The molecule has 0 atom stereocenters. The molecule has 0 bridgehead atoms. The van der Waals surface area contributed by atoms with Crippen LogP contribution in [0.15, 0.2) is 23.1 Å². The number of nitrogens with one attached hydrogen (secondary N) is 1. The summed E-state index contributed by atoms with van der Waals surface area (Å²) in [6, 6.07) is 3.75. The van der Waals surface area contributed by atoms with Gasteiger partial charge in [0.05, 0.1) is 0 Å². The van der Waals surface area contributed by atoms with Gasteiger partial charge in [0.1, 0.15) is 5.69 Å². The normalized spacial score (nSPS) is 16.8. The summed E-state index contributed by atoms with van der Waals surface area (Å²) in [6.45, 7) is 2.04. The van der Waals surface area contributed by atoms with Gasteiger partial charge in [-0.15, -0.1) is 0 Å². The Morgan fingerprint density at radius 2 is 2.08 bits per heavy atom. The van der Waals surface area contributed by atoms with E-state index in [1.807, 2.05) is 12.1 Å². The van der Waals surface area contributed by atoms with Gasteiger partial charge in [-0.25, -0.2) is 0 Å². The lowest BCUT2D eigenvalue weighted by Gasteiger charge is -2.15. The van der Waals surface area contributed by atoms with Gasteiger partial charge in [-0.3, -0.25) is 4.79 Å². The molecule has 1 N–H and O–H groups in total. The third-order valence-electron chi connectivity index (χ3n) is 2.24. The number of nitrogens with zero attached hydrogens (tertiary/aromatic N) is 1. The summed E-state index contributed by atoms with van der Waals surface area (Å²) in [7, 11) is 0. The number of H-pyrrole nitrogens is 1. The van der Waals surface area contributed by atoms with Crippen LogP contribution in [0.3, 0.4) is 0 Å². The topological polar surface area (TPSA) is 36.1 Å². The van der Waals surface area contributed by atoms with E-state index < -0.39 is 0 Å². The van der Waals surface area contributed by atoms with Crippen LogP contribution in [0, 0.1) is 0 Å². The van der Waals surface area contributed by atoms with Crippen molar-refractivity contribution in [1.29, 1.82) is 0 Å². The molecule has 1 aliphatic rings. The van der Waals surface area contributed by atoms with Crippen molar-refractivity contribution in [3.8, 4) is 0 Å². The van der Waals surface area contributed by atoms with Crippen molar-refractivity contribution in [3.63, 3.8) is 0 Å². The lowest BCUT2D eigenvalue weighted by Crippen LogP contribution is -2.25. The van der Waals surface area contributed by atoms with Crippen LogP contribution in [0.2, 0.25) is 0 Å². The first-order valence-electron chi connectivity index (χ1n) is 4.30. The fourth-order valence-electron chi connectivity index (χ4n) is 1.62. The van der Waals surface area contributed by atoms with Crippen LogP contribution in [0.25, 0.3) is 0 Å². The molecule has 0 spiro atoms. The van der Waals surface area contributed by atoms with Crippen LogP contribution >= 0.6 is 0 Å².